The summed E-state index contributed by atoms with van der Waals surface area (Å²) in [5, 5.41) is 17.2. The summed E-state index contributed by atoms with van der Waals surface area (Å²) in [4.78, 5) is 23.9. The molecular weight excluding hydrogens is 330 g/mol. The zero-order valence-electron chi connectivity index (χ0n) is 12.1. The molecule has 2 rings (SSSR count). The maximum absolute atomic E-state index is 12.2. The van der Waals surface area contributed by atoms with Gasteiger partial charge in [0.1, 0.15) is 0 Å². The van der Waals surface area contributed by atoms with Crippen LogP contribution in [0.15, 0.2) is 49.0 Å². The molecule has 10 heteroatoms. The van der Waals surface area contributed by atoms with E-state index >= 15 is 0 Å². The van der Waals surface area contributed by atoms with Crippen molar-refractivity contribution < 1.29 is 13.9 Å². The van der Waals surface area contributed by atoms with Crippen LogP contribution in [0, 0.1) is 0 Å². The van der Waals surface area contributed by atoms with Gasteiger partial charge in [-0.05, 0) is 24.3 Å². The van der Waals surface area contributed by atoms with Gasteiger partial charge in [-0.1, -0.05) is 11.8 Å². The smallest absolute Gasteiger partial charge is 0.333 e. The van der Waals surface area contributed by atoms with Gasteiger partial charge in [-0.25, -0.2) is 4.79 Å². The van der Waals surface area contributed by atoms with E-state index in [-0.39, 0.29) is 5.69 Å². The first-order chi connectivity index (χ1) is 10.8. The lowest BCUT2D eigenvalue weighted by atomic mass is 10.3. The lowest BCUT2D eigenvalue weighted by molar-refractivity contribution is 0.252. The number of alkyl halides is 2. The number of hydrogen-bond acceptors (Lipinski definition) is 6. The molecule has 0 radical (unpaired) electrons. The predicted molar refractivity (Wildman–Crippen MR) is 81.1 cm³/mol. The number of aromatic hydroxyl groups is 1. The Hall–Kier alpha value is -2.49. The molecule has 0 saturated carbocycles. The zero-order valence-corrected chi connectivity index (χ0v) is 12.9. The summed E-state index contributed by atoms with van der Waals surface area (Å²) >= 11 is 0.395. The van der Waals surface area contributed by atoms with Crippen LogP contribution in [0.1, 0.15) is 0 Å². The molecule has 0 bridgehead atoms. The van der Waals surface area contributed by atoms with Crippen LogP contribution >= 0.6 is 11.8 Å². The second kappa shape index (κ2) is 6.73. The highest BCUT2D eigenvalue weighted by Gasteiger charge is 2.14. The van der Waals surface area contributed by atoms with Crippen molar-refractivity contribution in [3.8, 4) is 5.88 Å². The summed E-state index contributed by atoms with van der Waals surface area (Å²) in [5.41, 5.74) is -1.57. The van der Waals surface area contributed by atoms with Crippen molar-refractivity contribution in [2.45, 2.75) is 10.7 Å². The maximum atomic E-state index is 12.2. The summed E-state index contributed by atoms with van der Waals surface area (Å²) in [6.07, 6.45) is 0. The van der Waals surface area contributed by atoms with Crippen LogP contribution in [0.5, 0.6) is 5.88 Å². The van der Waals surface area contributed by atoms with E-state index in [2.05, 4.69) is 10.2 Å². The Labute approximate surface area is 132 Å². The molecule has 7 nitrogen and oxygen atoms in total. The predicted octanol–water partition coefficient (Wildman–Crippen LogP) is 2.52. The number of rotatable bonds is 4. The van der Waals surface area contributed by atoms with E-state index in [0.717, 1.165) is 9.13 Å². The quantitative estimate of drug-likeness (QED) is 0.683. The largest absolute Gasteiger partial charge is 0.493 e. The fourth-order valence-corrected chi connectivity index (χ4v) is 2.20. The number of thioether (sulfide) groups is 1. The van der Waals surface area contributed by atoms with E-state index < -0.39 is 22.9 Å². The van der Waals surface area contributed by atoms with Gasteiger partial charge in [0.25, 0.3) is 11.3 Å². The zero-order chi connectivity index (χ0) is 17.1. The summed E-state index contributed by atoms with van der Waals surface area (Å²) < 4.78 is 26.1. The fraction of sp³-hybridized carbons (Fsp3) is 0.231. The molecule has 0 aliphatic carbocycles. The van der Waals surface area contributed by atoms with Crippen LogP contribution in [0.25, 0.3) is 0 Å². The first-order valence-corrected chi connectivity index (χ1v) is 7.15. The molecule has 1 aromatic carbocycles. The van der Waals surface area contributed by atoms with Crippen LogP contribution in [0.3, 0.4) is 0 Å². The van der Waals surface area contributed by atoms with Crippen LogP contribution < -0.4 is 11.2 Å². The first-order valence-electron chi connectivity index (χ1n) is 6.27. The van der Waals surface area contributed by atoms with Crippen LogP contribution in [-0.2, 0) is 14.1 Å². The lowest BCUT2D eigenvalue weighted by Gasteiger charge is -2.06. The molecule has 122 valence electrons. The number of nitrogens with zero attached hydrogens (tertiary/aromatic N) is 4. The Morgan fingerprint density at radius 2 is 1.70 bits per heavy atom. The van der Waals surface area contributed by atoms with Crippen molar-refractivity contribution in [2.75, 3.05) is 0 Å². The lowest BCUT2D eigenvalue weighted by Crippen LogP contribution is -2.36. The average Bonchev–Trinajstić information content (AvgIpc) is 2.52. The number of aromatic nitrogens is 2. The third-order valence-electron chi connectivity index (χ3n) is 2.94. The van der Waals surface area contributed by atoms with Crippen molar-refractivity contribution in [3.05, 3.63) is 45.1 Å². The van der Waals surface area contributed by atoms with E-state index in [4.69, 9.17) is 0 Å². The van der Waals surface area contributed by atoms with Crippen molar-refractivity contribution >= 4 is 23.1 Å². The van der Waals surface area contributed by atoms with Crippen LogP contribution in [0.2, 0.25) is 0 Å². The van der Waals surface area contributed by atoms with E-state index in [1.807, 2.05) is 0 Å². The first kappa shape index (κ1) is 16.9. The van der Waals surface area contributed by atoms with Gasteiger partial charge in [-0.15, -0.1) is 5.11 Å². The van der Waals surface area contributed by atoms with Crippen LogP contribution in [-0.4, -0.2) is 20.0 Å². The molecule has 0 fully saturated rings. The molecule has 0 amide bonds. The summed E-state index contributed by atoms with van der Waals surface area (Å²) in [6, 6.07) is 5.75. The third kappa shape index (κ3) is 3.65. The number of benzene rings is 1. The van der Waals surface area contributed by atoms with Gasteiger partial charge in [0, 0.05) is 19.0 Å². The average molecular weight is 342 g/mol. The second-order valence-electron chi connectivity index (χ2n) is 4.45. The van der Waals surface area contributed by atoms with E-state index in [0.29, 0.717) is 22.3 Å². The minimum atomic E-state index is -2.52. The van der Waals surface area contributed by atoms with E-state index in [9.17, 15) is 23.5 Å². The topological polar surface area (TPSA) is 88.9 Å². The number of halogens is 2. The third-order valence-corrected chi connectivity index (χ3v) is 3.66. The van der Waals surface area contributed by atoms with Gasteiger partial charge in [-0.2, -0.15) is 13.9 Å². The number of azo groups is 1. The highest BCUT2D eigenvalue weighted by Crippen LogP contribution is 2.28. The highest BCUT2D eigenvalue weighted by molar-refractivity contribution is 7.99. The molecular formula is C13H12F2N4O3S. The minimum Gasteiger partial charge on any atom is -0.493 e. The monoisotopic (exact) mass is 342 g/mol. The van der Waals surface area contributed by atoms with E-state index in [1.165, 1.54) is 38.4 Å². The Morgan fingerprint density at radius 1 is 1.09 bits per heavy atom. The molecule has 0 aliphatic heterocycles. The molecule has 0 spiro atoms. The molecule has 0 unspecified atom stereocenters. The van der Waals surface area contributed by atoms with Crippen LogP contribution in [0.4, 0.5) is 20.2 Å². The van der Waals surface area contributed by atoms with Gasteiger partial charge in [-0.3, -0.25) is 13.9 Å². The molecule has 1 heterocycles. The number of hydrogen-bond donors (Lipinski definition) is 1. The van der Waals surface area contributed by atoms with Crippen molar-refractivity contribution in [1.29, 1.82) is 0 Å². The van der Waals surface area contributed by atoms with Gasteiger partial charge in [0.2, 0.25) is 11.6 Å². The van der Waals surface area contributed by atoms with Gasteiger partial charge >= 0.3 is 5.69 Å². The fourth-order valence-electron chi connectivity index (χ4n) is 1.71. The Kier molecular flexibility index (Phi) is 4.94. The van der Waals surface area contributed by atoms with Crippen molar-refractivity contribution in [2.24, 2.45) is 24.3 Å². The summed E-state index contributed by atoms with van der Waals surface area (Å²) in [6.45, 7) is 0. The normalized spacial score (nSPS) is 11.5. The molecule has 2 aromatic rings. The minimum absolute atomic E-state index is 0.305. The Balaban J connectivity index is 2.34. The summed E-state index contributed by atoms with van der Waals surface area (Å²) in [7, 11) is 2.53. The highest BCUT2D eigenvalue weighted by atomic mass is 32.2. The second-order valence-corrected chi connectivity index (χ2v) is 5.51. The summed E-state index contributed by atoms with van der Waals surface area (Å²) in [5.74, 6) is -3.13. The SMILES string of the molecule is Cn1c(O)c(N=Nc2ccc(SC(F)F)cc2)c(=O)n(C)c1=O. The standard InChI is InChI=1S/C13H12F2N4O3S/c1-18-10(20)9(11(21)19(2)13(18)22)17-16-7-3-5-8(6-4-7)23-12(14)15/h3-6,12,20H,1-2H3. The van der Waals surface area contributed by atoms with Gasteiger partial charge in [0.05, 0.1) is 5.69 Å². The van der Waals surface area contributed by atoms with Gasteiger partial charge < -0.3 is 5.11 Å². The molecule has 1 N–H and O–H groups in total. The van der Waals surface area contributed by atoms with Crippen molar-refractivity contribution in [1.82, 2.24) is 9.13 Å². The van der Waals surface area contributed by atoms with Crippen molar-refractivity contribution in [3.63, 3.8) is 0 Å². The molecule has 0 saturated heterocycles. The van der Waals surface area contributed by atoms with E-state index in [1.54, 1.807) is 0 Å². The maximum Gasteiger partial charge on any atom is 0.333 e. The Morgan fingerprint density at radius 3 is 2.26 bits per heavy atom. The Bertz CT molecular complexity index is 859. The molecule has 0 atom stereocenters. The molecule has 1 aromatic heterocycles. The molecule has 23 heavy (non-hydrogen) atoms. The molecule has 0 aliphatic rings. The van der Waals surface area contributed by atoms with Gasteiger partial charge in [0.15, 0.2) is 0 Å².